The van der Waals surface area contributed by atoms with E-state index in [2.05, 4.69) is 4.98 Å². The van der Waals surface area contributed by atoms with Gasteiger partial charge in [0.1, 0.15) is 0 Å². The lowest BCUT2D eigenvalue weighted by Gasteiger charge is -1.95. The predicted molar refractivity (Wildman–Crippen MR) is 44.3 cm³/mol. The maximum atomic E-state index is 5.66. The van der Waals surface area contributed by atoms with E-state index in [0.717, 1.165) is 5.39 Å². The Hall–Kier alpha value is -1.71. The van der Waals surface area contributed by atoms with Crippen LogP contribution in [0.25, 0.3) is 11.0 Å². The monoisotopic (exact) mass is 148 g/mol. The first kappa shape index (κ1) is 6.03. The summed E-state index contributed by atoms with van der Waals surface area (Å²) in [6.45, 7) is 0. The molecule has 4 N–H and O–H groups in total. The predicted octanol–water partition coefficient (Wildman–Crippen LogP) is 0.332. The Balaban J connectivity index is 2.94. The third kappa shape index (κ3) is 0.724. The molecule has 0 aliphatic rings. The quantitative estimate of drug-likeness (QED) is 0.529. The van der Waals surface area contributed by atoms with Gasteiger partial charge in [-0.15, -0.1) is 0 Å². The van der Waals surface area contributed by atoms with Gasteiger partial charge in [0.2, 0.25) is 0 Å². The van der Waals surface area contributed by atoms with Gasteiger partial charge in [-0.2, -0.15) is 0 Å². The Morgan fingerprint density at radius 2 is 2.18 bits per heavy atom. The maximum absolute atomic E-state index is 5.66. The summed E-state index contributed by atoms with van der Waals surface area (Å²) in [4.78, 5) is 4.06. The van der Waals surface area contributed by atoms with Gasteiger partial charge in [-0.3, -0.25) is 4.68 Å². The molecule has 0 aromatic carbocycles. The lowest BCUT2D eigenvalue weighted by molar-refractivity contribution is 1.04. The number of nitrogens with zero attached hydrogens (tertiary/aromatic N) is 2. The molecule has 0 atom stereocenters. The zero-order chi connectivity index (χ0) is 7.84. The molecule has 0 aliphatic heterocycles. The number of aromatic nitrogens is 2. The number of nitrogens with two attached hydrogens (primary N) is 2. The zero-order valence-corrected chi connectivity index (χ0v) is 5.86. The van der Waals surface area contributed by atoms with Gasteiger partial charge >= 0.3 is 0 Å². The Morgan fingerprint density at radius 1 is 1.36 bits per heavy atom. The largest absolute Gasteiger partial charge is 0.398 e. The minimum Gasteiger partial charge on any atom is -0.398 e. The van der Waals surface area contributed by atoms with E-state index in [4.69, 9.17) is 11.6 Å². The molecule has 0 fully saturated rings. The van der Waals surface area contributed by atoms with E-state index in [9.17, 15) is 0 Å². The van der Waals surface area contributed by atoms with Crippen LogP contribution in [0.4, 0.5) is 5.69 Å². The highest BCUT2D eigenvalue weighted by Crippen LogP contribution is 2.17. The highest BCUT2D eigenvalue weighted by Gasteiger charge is 2.00. The van der Waals surface area contributed by atoms with Gasteiger partial charge in [0.25, 0.3) is 0 Å². The van der Waals surface area contributed by atoms with Crippen molar-refractivity contribution in [2.45, 2.75) is 0 Å². The molecule has 2 aromatic heterocycles. The SMILES string of the molecule is Nc1ccnc2c1ccn2N. The molecule has 4 heteroatoms. The van der Waals surface area contributed by atoms with E-state index in [1.54, 1.807) is 18.5 Å². The van der Waals surface area contributed by atoms with E-state index in [0.29, 0.717) is 11.3 Å². The minimum atomic E-state index is 0.708. The van der Waals surface area contributed by atoms with Crippen molar-refractivity contribution in [3.63, 3.8) is 0 Å². The molecule has 0 aliphatic carbocycles. The topological polar surface area (TPSA) is 69.9 Å². The Morgan fingerprint density at radius 3 is 2.91 bits per heavy atom. The number of hydrogen-bond donors (Lipinski definition) is 2. The van der Waals surface area contributed by atoms with Crippen LogP contribution in [0, 0.1) is 0 Å². The van der Waals surface area contributed by atoms with Crippen molar-refractivity contribution in [1.82, 2.24) is 9.66 Å². The highest BCUT2D eigenvalue weighted by molar-refractivity contribution is 5.88. The second kappa shape index (κ2) is 1.88. The first-order chi connectivity index (χ1) is 5.29. The molecule has 56 valence electrons. The standard InChI is InChI=1S/C7H8N4/c8-6-1-3-10-7-5(6)2-4-11(7)9/h1-4H,9H2,(H2,8,10). The molecular formula is C7H8N4. The van der Waals surface area contributed by atoms with Gasteiger partial charge in [-0.1, -0.05) is 0 Å². The summed E-state index contributed by atoms with van der Waals surface area (Å²) in [5.41, 5.74) is 7.08. The lowest BCUT2D eigenvalue weighted by Crippen LogP contribution is -2.06. The van der Waals surface area contributed by atoms with E-state index in [-0.39, 0.29) is 0 Å². The van der Waals surface area contributed by atoms with Crippen molar-refractivity contribution in [3.05, 3.63) is 24.5 Å². The molecule has 2 heterocycles. The van der Waals surface area contributed by atoms with Gasteiger partial charge in [0.15, 0.2) is 5.65 Å². The van der Waals surface area contributed by atoms with Crippen molar-refractivity contribution >= 4 is 16.7 Å². The fourth-order valence-electron chi connectivity index (χ4n) is 1.08. The number of rotatable bonds is 0. The average Bonchev–Trinajstić information content (AvgIpc) is 2.35. The second-order valence-electron chi connectivity index (χ2n) is 2.36. The number of fused-ring (bicyclic) bond motifs is 1. The second-order valence-corrected chi connectivity index (χ2v) is 2.36. The number of pyridine rings is 1. The van der Waals surface area contributed by atoms with Crippen LogP contribution in [0.5, 0.6) is 0 Å². The number of nitrogen functional groups attached to an aromatic ring is 2. The Kier molecular flexibility index (Phi) is 1.03. The number of hydrogen-bond acceptors (Lipinski definition) is 3. The van der Waals surface area contributed by atoms with E-state index in [1.165, 1.54) is 4.68 Å². The van der Waals surface area contributed by atoms with Crippen molar-refractivity contribution in [1.29, 1.82) is 0 Å². The lowest BCUT2D eigenvalue weighted by atomic mass is 10.3. The molecule has 0 unspecified atom stereocenters. The highest BCUT2D eigenvalue weighted by atomic mass is 15.3. The average molecular weight is 148 g/mol. The third-order valence-corrected chi connectivity index (χ3v) is 1.65. The van der Waals surface area contributed by atoms with Crippen molar-refractivity contribution in [3.8, 4) is 0 Å². The van der Waals surface area contributed by atoms with Crippen LogP contribution < -0.4 is 11.6 Å². The molecule has 0 saturated carbocycles. The van der Waals surface area contributed by atoms with Gasteiger partial charge in [-0.05, 0) is 12.1 Å². The van der Waals surface area contributed by atoms with E-state index < -0.39 is 0 Å². The van der Waals surface area contributed by atoms with Crippen LogP contribution in [-0.4, -0.2) is 9.66 Å². The molecule has 0 amide bonds. The molecular weight excluding hydrogens is 140 g/mol. The van der Waals surface area contributed by atoms with Gasteiger partial charge < -0.3 is 11.6 Å². The molecule has 2 aromatic rings. The van der Waals surface area contributed by atoms with Crippen molar-refractivity contribution in [2.75, 3.05) is 11.6 Å². The summed E-state index contributed by atoms with van der Waals surface area (Å²) in [5.74, 6) is 5.54. The summed E-state index contributed by atoms with van der Waals surface area (Å²) < 4.78 is 1.45. The third-order valence-electron chi connectivity index (χ3n) is 1.65. The fourth-order valence-corrected chi connectivity index (χ4v) is 1.08. The van der Waals surface area contributed by atoms with E-state index in [1.807, 2.05) is 6.07 Å². The summed E-state index contributed by atoms with van der Waals surface area (Å²) in [7, 11) is 0. The molecule has 4 nitrogen and oxygen atoms in total. The molecule has 0 bridgehead atoms. The van der Waals surface area contributed by atoms with Crippen LogP contribution in [0.2, 0.25) is 0 Å². The van der Waals surface area contributed by atoms with Crippen LogP contribution in [0.1, 0.15) is 0 Å². The first-order valence-corrected chi connectivity index (χ1v) is 3.25. The molecule has 11 heavy (non-hydrogen) atoms. The minimum absolute atomic E-state index is 0.708. The van der Waals surface area contributed by atoms with Gasteiger partial charge in [0, 0.05) is 23.5 Å². The molecule has 2 rings (SSSR count). The normalized spacial score (nSPS) is 10.5. The van der Waals surface area contributed by atoms with Gasteiger partial charge in [-0.25, -0.2) is 4.98 Å². The maximum Gasteiger partial charge on any atom is 0.160 e. The smallest absolute Gasteiger partial charge is 0.160 e. The van der Waals surface area contributed by atoms with Crippen molar-refractivity contribution < 1.29 is 0 Å². The summed E-state index contributed by atoms with van der Waals surface area (Å²) in [6.07, 6.45) is 3.37. The summed E-state index contributed by atoms with van der Waals surface area (Å²) >= 11 is 0. The van der Waals surface area contributed by atoms with Crippen LogP contribution >= 0.6 is 0 Å². The Labute approximate surface area is 63.4 Å². The summed E-state index contributed by atoms with van der Waals surface area (Å²) in [5, 5.41) is 0.898. The number of anilines is 1. The molecule has 0 radical (unpaired) electrons. The van der Waals surface area contributed by atoms with Crippen LogP contribution in [0.3, 0.4) is 0 Å². The van der Waals surface area contributed by atoms with Crippen LogP contribution in [0.15, 0.2) is 24.5 Å². The molecule has 0 spiro atoms. The van der Waals surface area contributed by atoms with Crippen molar-refractivity contribution in [2.24, 2.45) is 0 Å². The van der Waals surface area contributed by atoms with Gasteiger partial charge in [0.05, 0.1) is 0 Å². The zero-order valence-electron chi connectivity index (χ0n) is 5.86. The first-order valence-electron chi connectivity index (χ1n) is 3.25. The van der Waals surface area contributed by atoms with Crippen LogP contribution in [-0.2, 0) is 0 Å². The summed E-state index contributed by atoms with van der Waals surface area (Å²) in [6, 6.07) is 3.60. The van der Waals surface area contributed by atoms with E-state index >= 15 is 0 Å². The molecule has 0 saturated heterocycles. The fraction of sp³-hybridized carbons (Fsp3) is 0. The Bertz CT molecular complexity index is 390.